The fourth-order valence-electron chi connectivity index (χ4n) is 11.4. The van der Waals surface area contributed by atoms with E-state index in [0.717, 1.165) is 5.69 Å². The smallest absolute Gasteiger partial charge is 0.0547 e. The number of nitrogens with zero attached hydrogens (tertiary/aromatic N) is 1. The first kappa shape index (κ1) is 37.1. The van der Waals surface area contributed by atoms with Crippen molar-refractivity contribution in [3.8, 4) is 50.2 Å². The standard InChI is InChI=1S/C64H39NS/c1-3-20-40(21-4-1)58-42-24-7-9-26-44(42)60(45-27-10-8-25-43(45)58)52-34-19-39-57-63(52)54-36-17-35-53(64(54)66-57)61-48-30-13-11-28-46(48)59(47-29-12-14-31-49(47)61)51-33-18-38-56-62(51)50-32-15-16-37-55(50)65(56)41-22-5-2-6-23-41/h1-39H. The molecule has 0 aliphatic rings. The predicted molar refractivity (Wildman–Crippen MR) is 285 cm³/mol. The van der Waals surface area contributed by atoms with Crippen LogP contribution in [0.25, 0.3) is 135 Å². The lowest BCUT2D eigenvalue weighted by atomic mass is 9.84. The zero-order chi connectivity index (χ0) is 43.3. The second-order valence-electron chi connectivity index (χ2n) is 17.4. The molecule has 0 spiro atoms. The van der Waals surface area contributed by atoms with E-state index < -0.39 is 0 Å². The maximum absolute atomic E-state index is 2.42. The molecule has 0 atom stereocenters. The van der Waals surface area contributed by atoms with E-state index in [0.29, 0.717) is 0 Å². The molecule has 2 heterocycles. The van der Waals surface area contributed by atoms with Crippen LogP contribution in [0.5, 0.6) is 0 Å². The maximum atomic E-state index is 2.42. The van der Waals surface area contributed by atoms with Crippen LogP contribution in [0.4, 0.5) is 0 Å². The van der Waals surface area contributed by atoms with Crippen molar-refractivity contribution >= 4 is 96.4 Å². The summed E-state index contributed by atoms with van der Waals surface area (Å²) in [6, 6.07) is 87.6. The zero-order valence-electron chi connectivity index (χ0n) is 35.9. The van der Waals surface area contributed by atoms with Gasteiger partial charge in [-0.15, -0.1) is 11.3 Å². The minimum absolute atomic E-state index is 1.16. The number of para-hydroxylation sites is 2. The highest BCUT2D eigenvalue weighted by atomic mass is 32.1. The third kappa shape index (κ3) is 5.34. The van der Waals surface area contributed by atoms with Crippen LogP contribution >= 0.6 is 11.3 Å². The highest BCUT2D eigenvalue weighted by molar-refractivity contribution is 7.26. The molecular weight excluding hydrogens is 815 g/mol. The van der Waals surface area contributed by atoms with Gasteiger partial charge in [0.25, 0.3) is 0 Å². The fraction of sp³-hybridized carbons (Fsp3) is 0. The molecule has 0 aliphatic carbocycles. The summed E-state index contributed by atoms with van der Waals surface area (Å²) in [6.45, 7) is 0. The Morgan fingerprint density at radius 2 is 0.652 bits per heavy atom. The molecule has 306 valence electrons. The van der Waals surface area contributed by atoms with Crippen molar-refractivity contribution < 1.29 is 0 Å². The quantitative estimate of drug-likeness (QED) is 0.152. The average Bonchev–Trinajstić information content (AvgIpc) is 3.94. The van der Waals surface area contributed by atoms with Gasteiger partial charge in [0.2, 0.25) is 0 Å². The van der Waals surface area contributed by atoms with Gasteiger partial charge in [-0.1, -0.05) is 206 Å². The van der Waals surface area contributed by atoms with Crippen LogP contribution in [0.3, 0.4) is 0 Å². The van der Waals surface area contributed by atoms with E-state index in [-0.39, 0.29) is 0 Å². The van der Waals surface area contributed by atoms with Gasteiger partial charge >= 0.3 is 0 Å². The van der Waals surface area contributed by atoms with E-state index in [1.54, 1.807) is 0 Å². The first-order valence-electron chi connectivity index (χ1n) is 22.8. The molecule has 2 heteroatoms. The molecule has 0 unspecified atom stereocenters. The molecule has 14 aromatic rings. The summed E-state index contributed by atoms with van der Waals surface area (Å²) in [5.41, 5.74) is 13.7. The second-order valence-corrected chi connectivity index (χ2v) is 18.5. The monoisotopic (exact) mass is 853 g/mol. The molecule has 2 aromatic heterocycles. The molecule has 14 rings (SSSR count). The van der Waals surface area contributed by atoms with Gasteiger partial charge in [-0.05, 0) is 112 Å². The average molecular weight is 854 g/mol. The van der Waals surface area contributed by atoms with Crippen LogP contribution in [0, 0.1) is 0 Å². The van der Waals surface area contributed by atoms with E-state index in [2.05, 4.69) is 241 Å². The largest absolute Gasteiger partial charge is 0.309 e. The second kappa shape index (κ2) is 14.6. The lowest BCUT2D eigenvalue weighted by Gasteiger charge is -2.19. The highest BCUT2D eigenvalue weighted by Crippen LogP contribution is 2.52. The first-order chi connectivity index (χ1) is 32.8. The van der Waals surface area contributed by atoms with E-state index in [1.807, 2.05) is 11.3 Å². The number of rotatable bonds is 5. The number of benzene rings is 12. The molecule has 0 aliphatic heterocycles. The van der Waals surface area contributed by atoms with Crippen LogP contribution in [-0.2, 0) is 0 Å². The van der Waals surface area contributed by atoms with E-state index in [4.69, 9.17) is 0 Å². The van der Waals surface area contributed by atoms with Crippen LogP contribution in [0.15, 0.2) is 237 Å². The molecule has 0 radical (unpaired) electrons. The molecule has 66 heavy (non-hydrogen) atoms. The summed E-state index contributed by atoms with van der Waals surface area (Å²) in [6.07, 6.45) is 0. The van der Waals surface area contributed by atoms with Crippen molar-refractivity contribution in [2.24, 2.45) is 0 Å². The summed E-state index contributed by atoms with van der Waals surface area (Å²) in [7, 11) is 0. The third-order valence-electron chi connectivity index (χ3n) is 14.0. The summed E-state index contributed by atoms with van der Waals surface area (Å²) < 4.78 is 5.03. The Morgan fingerprint density at radius 3 is 1.23 bits per heavy atom. The van der Waals surface area contributed by atoms with Crippen molar-refractivity contribution in [2.45, 2.75) is 0 Å². The van der Waals surface area contributed by atoms with E-state index >= 15 is 0 Å². The van der Waals surface area contributed by atoms with Gasteiger partial charge in [0, 0.05) is 42.2 Å². The summed E-state index contributed by atoms with van der Waals surface area (Å²) >= 11 is 1.92. The molecular formula is C64H39NS. The van der Waals surface area contributed by atoms with Gasteiger partial charge in [0.15, 0.2) is 0 Å². The third-order valence-corrected chi connectivity index (χ3v) is 15.2. The normalized spacial score (nSPS) is 11.9. The number of aromatic nitrogens is 1. The number of hydrogen-bond acceptors (Lipinski definition) is 1. The Labute approximate surface area is 385 Å². The lowest BCUT2D eigenvalue weighted by molar-refractivity contribution is 1.18. The Kier molecular flexibility index (Phi) is 8.22. The number of thiophene rings is 1. The molecule has 0 fully saturated rings. The predicted octanol–water partition coefficient (Wildman–Crippen LogP) is 18.4. The Morgan fingerprint density at radius 1 is 0.258 bits per heavy atom. The van der Waals surface area contributed by atoms with Gasteiger partial charge in [0.1, 0.15) is 0 Å². The summed E-state index contributed by atoms with van der Waals surface area (Å²) in [4.78, 5) is 0. The zero-order valence-corrected chi connectivity index (χ0v) is 36.7. The Hall–Kier alpha value is -8.30. The topological polar surface area (TPSA) is 4.93 Å². The number of hydrogen-bond donors (Lipinski definition) is 0. The Balaban J connectivity index is 1.05. The van der Waals surface area contributed by atoms with Gasteiger partial charge in [-0.3, -0.25) is 0 Å². The molecule has 1 nitrogen and oxygen atoms in total. The van der Waals surface area contributed by atoms with Gasteiger partial charge < -0.3 is 4.57 Å². The summed E-state index contributed by atoms with van der Waals surface area (Å²) in [5, 5.41) is 15.2. The van der Waals surface area contributed by atoms with Crippen LogP contribution in [0.1, 0.15) is 0 Å². The van der Waals surface area contributed by atoms with Crippen molar-refractivity contribution in [3.05, 3.63) is 237 Å². The molecule has 0 saturated carbocycles. The van der Waals surface area contributed by atoms with Gasteiger partial charge in [0.05, 0.1) is 11.0 Å². The maximum Gasteiger partial charge on any atom is 0.0547 e. The van der Waals surface area contributed by atoms with Gasteiger partial charge in [-0.25, -0.2) is 0 Å². The molecule has 0 amide bonds. The minimum atomic E-state index is 1.16. The van der Waals surface area contributed by atoms with Crippen molar-refractivity contribution in [1.82, 2.24) is 4.57 Å². The minimum Gasteiger partial charge on any atom is -0.309 e. The van der Waals surface area contributed by atoms with Crippen molar-refractivity contribution in [3.63, 3.8) is 0 Å². The first-order valence-corrected chi connectivity index (χ1v) is 23.6. The van der Waals surface area contributed by atoms with Gasteiger partial charge in [-0.2, -0.15) is 0 Å². The fourth-order valence-corrected chi connectivity index (χ4v) is 12.6. The molecule has 0 bridgehead atoms. The highest BCUT2D eigenvalue weighted by Gasteiger charge is 2.24. The van der Waals surface area contributed by atoms with Crippen LogP contribution in [0.2, 0.25) is 0 Å². The SMILES string of the molecule is c1ccc(-c2c3ccccc3c(-c3cccc4sc5c(-c6c7ccccc7c(-c7cccc8c7c7ccccc7n8-c7ccccc7)c7ccccc67)cccc5c34)c3ccccc23)cc1. The van der Waals surface area contributed by atoms with Crippen molar-refractivity contribution in [1.29, 1.82) is 0 Å². The van der Waals surface area contributed by atoms with Crippen LogP contribution < -0.4 is 0 Å². The Bertz CT molecular complexity index is 4160. The lowest BCUT2D eigenvalue weighted by Crippen LogP contribution is -1.94. The summed E-state index contributed by atoms with van der Waals surface area (Å²) in [5.74, 6) is 0. The van der Waals surface area contributed by atoms with E-state index in [1.165, 1.54) is 130 Å². The molecule has 0 N–H and O–H groups in total. The number of fused-ring (bicyclic) bond motifs is 10. The van der Waals surface area contributed by atoms with Crippen LogP contribution in [-0.4, -0.2) is 4.57 Å². The molecule has 12 aromatic carbocycles. The van der Waals surface area contributed by atoms with E-state index in [9.17, 15) is 0 Å². The van der Waals surface area contributed by atoms with Crippen molar-refractivity contribution in [2.75, 3.05) is 0 Å². The molecule has 0 saturated heterocycles.